The van der Waals surface area contributed by atoms with Gasteiger partial charge in [-0.05, 0) is 73.7 Å². The molecule has 4 aromatic rings. The van der Waals surface area contributed by atoms with Gasteiger partial charge in [0.1, 0.15) is 12.6 Å². The Morgan fingerprint density at radius 3 is 2.16 bits per heavy atom. The van der Waals surface area contributed by atoms with Crippen molar-refractivity contribution in [2.24, 2.45) is 0 Å². The van der Waals surface area contributed by atoms with Crippen molar-refractivity contribution < 1.29 is 18.0 Å². The summed E-state index contributed by atoms with van der Waals surface area (Å²) in [5.74, 6) is -0.813. The molecule has 0 heterocycles. The number of nitrogens with zero attached hydrogens (tertiary/aromatic N) is 2. The smallest absolute Gasteiger partial charge is 0.264 e. The fourth-order valence-electron chi connectivity index (χ4n) is 4.99. The first-order valence-electron chi connectivity index (χ1n) is 15.0. The molecule has 236 valence electrons. The summed E-state index contributed by atoms with van der Waals surface area (Å²) in [6, 6.07) is 27.7. The molecule has 1 N–H and O–H groups in total. The standard InChI is InChI=1S/C36H40ClN3O4S/c1-5-21-38-36(42)34(22-29-12-7-6-8-13-29)39(24-30-14-10-9-11-27(30)3)35(41)25-40(31-18-17-28(4)33(37)23-31)45(43,44)32-19-15-26(2)16-20-32/h6-20,23,34H,5,21-22,24-25H2,1-4H3,(H,38,42)/t34-/m0/s1. The lowest BCUT2D eigenvalue weighted by Crippen LogP contribution is -2.53. The second kappa shape index (κ2) is 15.2. The number of hydrogen-bond donors (Lipinski definition) is 1. The average molecular weight is 646 g/mol. The summed E-state index contributed by atoms with van der Waals surface area (Å²) in [7, 11) is -4.20. The van der Waals surface area contributed by atoms with Gasteiger partial charge >= 0.3 is 0 Å². The van der Waals surface area contributed by atoms with Gasteiger partial charge in [0, 0.05) is 24.5 Å². The molecule has 0 saturated heterocycles. The SMILES string of the molecule is CCCNC(=O)[C@H](Cc1ccccc1)N(Cc1ccccc1C)C(=O)CN(c1ccc(C)c(Cl)c1)S(=O)(=O)c1ccc(C)cc1. The molecule has 0 radical (unpaired) electrons. The molecule has 0 unspecified atom stereocenters. The maximum absolute atomic E-state index is 14.5. The van der Waals surface area contributed by atoms with Gasteiger partial charge in [0.25, 0.3) is 10.0 Å². The molecule has 0 aromatic heterocycles. The zero-order valence-electron chi connectivity index (χ0n) is 26.2. The van der Waals surface area contributed by atoms with E-state index in [0.29, 0.717) is 11.6 Å². The summed E-state index contributed by atoms with van der Waals surface area (Å²) < 4.78 is 29.4. The van der Waals surface area contributed by atoms with Gasteiger partial charge in [-0.1, -0.05) is 96.9 Å². The van der Waals surface area contributed by atoms with E-state index in [4.69, 9.17) is 11.6 Å². The molecule has 1 atom stereocenters. The molecular formula is C36H40ClN3O4S. The normalized spacial score (nSPS) is 11.9. The molecule has 0 bridgehead atoms. The van der Waals surface area contributed by atoms with Crippen LogP contribution in [0, 0.1) is 20.8 Å². The number of halogens is 1. The minimum absolute atomic E-state index is 0.0459. The van der Waals surface area contributed by atoms with E-state index in [2.05, 4.69) is 5.32 Å². The number of carbonyl (C=O) groups is 2. The number of hydrogen-bond acceptors (Lipinski definition) is 4. The Kier molecular flexibility index (Phi) is 11.4. The Hall–Kier alpha value is -4.14. The van der Waals surface area contributed by atoms with E-state index in [1.165, 1.54) is 17.0 Å². The second-order valence-electron chi connectivity index (χ2n) is 11.2. The summed E-state index contributed by atoms with van der Waals surface area (Å²) >= 11 is 6.46. The summed E-state index contributed by atoms with van der Waals surface area (Å²) in [6.07, 6.45) is 0.987. The van der Waals surface area contributed by atoms with Crippen LogP contribution < -0.4 is 9.62 Å². The molecule has 45 heavy (non-hydrogen) atoms. The average Bonchev–Trinajstić information content (AvgIpc) is 3.03. The molecule has 4 aromatic carbocycles. The molecule has 9 heteroatoms. The van der Waals surface area contributed by atoms with Crippen LogP contribution >= 0.6 is 11.6 Å². The lowest BCUT2D eigenvalue weighted by atomic mass is 10.0. The first-order chi connectivity index (χ1) is 21.5. The highest BCUT2D eigenvalue weighted by Crippen LogP contribution is 2.29. The number of rotatable bonds is 13. The quantitative estimate of drug-likeness (QED) is 0.177. The number of benzene rings is 4. The van der Waals surface area contributed by atoms with Crippen molar-refractivity contribution in [1.29, 1.82) is 0 Å². The number of carbonyl (C=O) groups excluding carboxylic acids is 2. The summed E-state index contributed by atoms with van der Waals surface area (Å²) in [5.41, 5.74) is 4.63. The highest BCUT2D eigenvalue weighted by Gasteiger charge is 2.35. The third kappa shape index (κ3) is 8.53. The molecule has 0 saturated carbocycles. The van der Waals surface area contributed by atoms with Crippen LogP contribution in [0.2, 0.25) is 5.02 Å². The summed E-state index contributed by atoms with van der Waals surface area (Å²) in [5, 5.41) is 3.34. The minimum Gasteiger partial charge on any atom is -0.354 e. The van der Waals surface area contributed by atoms with Crippen LogP contribution in [0.1, 0.15) is 41.2 Å². The van der Waals surface area contributed by atoms with Crippen molar-refractivity contribution in [1.82, 2.24) is 10.2 Å². The third-order valence-electron chi connectivity index (χ3n) is 7.75. The number of nitrogens with one attached hydrogen (secondary N) is 1. The van der Waals surface area contributed by atoms with Gasteiger partial charge in [-0.15, -0.1) is 0 Å². The Bertz CT molecular complexity index is 1730. The van der Waals surface area contributed by atoms with Gasteiger partial charge in [0.05, 0.1) is 10.6 Å². The number of anilines is 1. The van der Waals surface area contributed by atoms with Crippen LogP contribution in [0.5, 0.6) is 0 Å². The minimum atomic E-state index is -4.20. The number of sulfonamides is 1. The first-order valence-corrected chi connectivity index (χ1v) is 16.8. The molecule has 0 aliphatic carbocycles. The maximum atomic E-state index is 14.5. The molecule has 2 amide bonds. The maximum Gasteiger partial charge on any atom is 0.264 e. The number of amides is 2. The van der Waals surface area contributed by atoms with Gasteiger partial charge in [0.2, 0.25) is 11.8 Å². The summed E-state index contributed by atoms with van der Waals surface area (Å²) in [4.78, 5) is 29.9. The fraction of sp³-hybridized carbons (Fsp3) is 0.278. The van der Waals surface area contributed by atoms with Crippen LogP contribution in [0.3, 0.4) is 0 Å². The van der Waals surface area contributed by atoms with E-state index in [-0.39, 0.29) is 29.5 Å². The lowest BCUT2D eigenvalue weighted by molar-refractivity contribution is -0.140. The molecule has 0 fully saturated rings. The van der Waals surface area contributed by atoms with Crippen molar-refractivity contribution in [3.05, 3.63) is 130 Å². The van der Waals surface area contributed by atoms with Crippen molar-refractivity contribution in [2.45, 2.75) is 58.0 Å². The van der Waals surface area contributed by atoms with Crippen molar-refractivity contribution >= 4 is 39.1 Å². The first kappa shape index (κ1) is 33.7. The topological polar surface area (TPSA) is 86.8 Å². The van der Waals surface area contributed by atoms with Crippen molar-refractivity contribution in [2.75, 3.05) is 17.4 Å². The van der Waals surface area contributed by atoms with E-state index < -0.39 is 28.5 Å². The zero-order valence-corrected chi connectivity index (χ0v) is 27.7. The Balaban J connectivity index is 1.82. The van der Waals surface area contributed by atoms with Gasteiger partial charge in [0.15, 0.2) is 0 Å². The molecule has 7 nitrogen and oxygen atoms in total. The zero-order chi connectivity index (χ0) is 32.6. The second-order valence-corrected chi connectivity index (χ2v) is 13.5. The van der Waals surface area contributed by atoms with E-state index in [0.717, 1.165) is 38.5 Å². The van der Waals surface area contributed by atoms with E-state index >= 15 is 0 Å². The molecule has 0 aliphatic rings. The van der Waals surface area contributed by atoms with Gasteiger partial charge in [-0.3, -0.25) is 13.9 Å². The van der Waals surface area contributed by atoms with Crippen molar-refractivity contribution in [3.8, 4) is 0 Å². The van der Waals surface area contributed by atoms with Crippen LogP contribution in [-0.2, 0) is 32.6 Å². The Morgan fingerprint density at radius 1 is 0.844 bits per heavy atom. The molecule has 4 rings (SSSR count). The largest absolute Gasteiger partial charge is 0.354 e. The van der Waals surface area contributed by atoms with E-state index in [9.17, 15) is 18.0 Å². The van der Waals surface area contributed by atoms with Crippen LogP contribution in [0.15, 0.2) is 102 Å². The van der Waals surface area contributed by atoms with Gasteiger partial charge < -0.3 is 10.2 Å². The summed E-state index contributed by atoms with van der Waals surface area (Å²) in [6.45, 7) is 7.64. The van der Waals surface area contributed by atoms with Crippen molar-refractivity contribution in [3.63, 3.8) is 0 Å². The predicted octanol–water partition coefficient (Wildman–Crippen LogP) is 6.63. The number of aryl methyl sites for hydroxylation is 3. The Morgan fingerprint density at radius 2 is 1.51 bits per heavy atom. The van der Waals surface area contributed by atoms with Gasteiger partial charge in [-0.2, -0.15) is 0 Å². The molecular weight excluding hydrogens is 606 g/mol. The lowest BCUT2D eigenvalue weighted by Gasteiger charge is -2.34. The predicted molar refractivity (Wildman–Crippen MR) is 181 cm³/mol. The highest BCUT2D eigenvalue weighted by molar-refractivity contribution is 7.92. The van der Waals surface area contributed by atoms with Crippen LogP contribution in [0.25, 0.3) is 0 Å². The molecule has 0 aliphatic heterocycles. The third-order valence-corrected chi connectivity index (χ3v) is 9.95. The molecule has 0 spiro atoms. The van der Waals surface area contributed by atoms with E-state index in [1.807, 2.05) is 82.3 Å². The van der Waals surface area contributed by atoms with E-state index in [1.54, 1.807) is 30.3 Å². The van der Waals surface area contributed by atoms with Gasteiger partial charge in [-0.25, -0.2) is 8.42 Å². The van der Waals surface area contributed by atoms with Crippen LogP contribution in [-0.4, -0.2) is 44.3 Å². The Labute approximate surface area is 271 Å². The highest BCUT2D eigenvalue weighted by atomic mass is 35.5. The fourth-order valence-corrected chi connectivity index (χ4v) is 6.57. The monoisotopic (exact) mass is 645 g/mol. The van der Waals surface area contributed by atoms with Crippen LogP contribution in [0.4, 0.5) is 5.69 Å².